The van der Waals surface area contributed by atoms with Crippen molar-refractivity contribution in [2.24, 2.45) is 0 Å². The third-order valence-electron chi connectivity index (χ3n) is 1.88. The van der Waals surface area contributed by atoms with Gasteiger partial charge in [-0.25, -0.2) is 0 Å². The number of nitrogens with one attached hydrogen (secondary N) is 1. The van der Waals surface area contributed by atoms with Crippen LogP contribution in [0.4, 0.5) is 0 Å². The van der Waals surface area contributed by atoms with Crippen molar-refractivity contribution in [3.8, 4) is 11.5 Å². The Morgan fingerprint density at radius 2 is 1.93 bits per heavy atom. The standard InChI is InChI=1S/C11H16ClNO2/c1-14-10-4-2-3-5-11(10)15-9-8-13-7-6-12/h2-5,13H,6-9H2,1H3. The molecule has 1 rings (SSSR count). The van der Waals surface area contributed by atoms with E-state index in [1.807, 2.05) is 24.3 Å². The second kappa shape index (κ2) is 7.37. The monoisotopic (exact) mass is 229 g/mol. The normalized spacial score (nSPS) is 10.0. The quantitative estimate of drug-likeness (QED) is 0.572. The molecule has 1 N–H and O–H groups in total. The van der Waals surface area contributed by atoms with Crippen LogP contribution in [-0.4, -0.2) is 32.7 Å². The van der Waals surface area contributed by atoms with Crippen molar-refractivity contribution < 1.29 is 9.47 Å². The highest BCUT2D eigenvalue weighted by atomic mass is 35.5. The molecule has 0 bridgehead atoms. The number of benzene rings is 1. The summed E-state index contributed by atoms with van der Waals surface area (Å²) >= 11 is 5.52. The molecule has 0 fully saturated rings. The van der Waals surface area contributed by atoms with E-state index in [4.69, 9.17) is 21.1 Å². The van der Waals surface area contributed by atoms with Gasteiger partial charge in [-0.3, -0.25) is 0 Å². The fourth-order valence-corrected chi connectivity index (χ4v) is 1.30. The number of methoxy groups -OCH3 is 1. The first kappa shape index (κ1) is 12.1. The molecule has 0 amide bonds. The highest BCUT2D eigenvalue weighted by Crippen LogP contribution is 2.25. The largest absolute Gasteiger partial charge is 0.493 e. The molecule has 15 heavy (non-hydrogen) atoms. The van der Waals surface area contributed by atoms with Crippen molar-refractivity contribution in [1.82, 2.24) is 5.32 Å². The molecular weight excluding hydrogens is 214 g/mol. The smallest absolute Gasteiger partial charge is 0.161 e. The summed E-state index contributed by atoms with van der Waals surface area (Å²) in [6, 6.07) is 7.60. The van der Waals surface area contributed by atoms with Gasteiger partial charge in [0.1, 0.15) is 6.61 Å². The molecule has 0 aliphatic carbocycles. The Balaban J connectivity index is 2.30. The maximum absolute atomic E-state index is 5.54. The summed E-state index contributed by atoms with van der Waals surface area (Å²) in [5.74, 6) is 2.15. The zero-order valence-corrected chi connectivity index (χ0v) is 9.59. The Morgan fingerprint density at radius 1 is 1.20 bits per heavy atom. The number of hydrogen-bond donors (Lipinski definition) is 1. The molecule has 0 atom stereocenters. The summed E-state index contributed by atoms with van der Waals surface area (Å²) in [5, 5.41) is 3.15. The van der Waals surface area contributed by atoms with Crippen molar-refractivity contribution in [3.63, 3.8) is 0 Å². The van der Waals surface area contributed by atoms with Crippen molar-refractivity contribution >= 4 is 11.6 Å². The number of ether oxygens (including phenoxy) is 2. The lowest BCUT2D eigenvalue weighted by Gasteiger charge is -2.10. The molecule has 0 aliphatic heterocycles. The Labute approximate surface area is 95.3 Å². The highest BCUT2D eigenvalue weighted by Gasteiger charge is 2.00. The van der Waals surface area contributed by atoms with E-state index in [1.165, 1.54) is 0 Å². The van der Waals surface area contributed by atoms with E-state index in [0.29, 0.717) is 12.5 Å². The Hall–Kier alpha value is -0.930. The molecule has 1 aromatic rings. The van der Waals surface area contributed by atoms with Crippen LogP contribution in [0.2, 0.25) is 0 Å². The molecule has 0 saturated carbocycles. The molecule has 0 spiro atoms. The molecule has 0 saturated heterocycles. The number of rotatable bonds is 7. The van der Waals surface area contributed by atoms with Crippen molar-refractivity contribution in [2.75, 3.05) is 32.7 Å². The minimum atomic E-state index is 0.608. The maximum atomic E-state index is 5.54. The van der Waals surface area contributed by atoms with Crippen LogP contribution < -0.4 is 14.8 Å². The summed E-state index contributed by atoms with van der Waals surface area (Å²) < 4.78 is 10.7. The van der Waals surface area contributed by atoms with Crippen LogP contribution in [0.1, 0.15) is 0 Å². The van der Waals surface area contributed by atoms with Gasteiger partial charge in [-0.2, -0.15) is 0 Å². The van der Waals surface area contributed by atoms with E-state index < -0.39 is 0 Å². The van der Waals surface area contributed by atoms with E-state index in [2.05, 4.69) is 5.32 Å². The van der Waals surface area contributed by atoms with Gasteiger partial charge in [0, 0.05) is 19.0 Å². The Morgan fingerprint density at radius 3 is 2.60 bits per heavy atom. The van der Waals surface area contributed by atoms with Crippen LogP contribution in [0.25, 0.3) is 0 Å². The summed E-state index contributed by atoms with van der Waals surface area (Å²) in [7, 11) is 1.63. The number of alkyl halides is 1. The van der Waals surface area contributed by atoms with Gasteiger partial charge in [-0.15, -0.1) is 11.6 Å². The number of halogens is 1. The molecule has 0 radical (unpaired) electrons. The van der Waals surface area contributed by atoms with Gasteiger partial charge in [0.25, 0.3) is 0 Å². The lowest BCUT2D eigenvalue weighted by molar-refractivity contribution is 0.293. The van der Waals surface area contributed by atoms with E-state index in [-0.39, 0.29) is 0 Å². The fourth-order valence-electron chi connectivity index (χ4n) is 1.16. The van der Waals surface area contributed by atoms with Gasteiger partial charge in [-0.1, -0.05) is 12.1 Å². The molecule has 0 aliphatic rings. The minimum absolute atomic E-state index is 0.608. The summed E-state index contributed by atoms with van der Waals surface area (Å²) in [5.41, 5.74) is 0. The summed E-state index contributed by atoms with van der Waals surface area (Å²) in [6.45, 7) is 2.19. The SMILES string of the molecule is COc1ccccc1OCCNCCCl. The van der Waals surface area contributed by atoms with Gasteiger partial charge >= 0.3 is 0 Å². The second-order valence-corrected chi connectivity index (χ2v) is 3.32. The predicted molar refractivity (Wildman–Crippen MR) is 62.1 cm³/mol. The van der Waals surface area contributed by atoms with Crippen LogP contribution in [0.15, 0.2) is 24.3 Å². The summed E-state index contributed by atoms with van der Waals surface area (Å²) in [4.78, 5) is 0. The molecule has 84 valence electrons. The average Bonchev–Trinajstić information content (AvgIpc) is 2.29. The van der Waals surface area contributed by atoms with Crippen LogP contribution >= 0.6 is 11.6 Å². The lowest BCUT2D eigenvalue weighted by atomic mass is 10.3. The van der Waals surface area contributed by atoms with E-state index >= 15 is 0 Å². The zero-order chi connectivity index (χ0) is 10.9. The van der Waals surface area contributed by atoms with Gasteiger partial charge in [0.05, 0.1) is 7.11 Å². The van der Waals surface area contributed by atoms with Crippen LogP contribution in [0.3, 0.4) is 0 Å². The van der Waals surface area contributed by atoms with Crippen molar-refractivity contribution in [3.05, 3.63) is 24.3 Å². The fraction of sp³-hybridized carbons (Fsp3) is 0.455. The average molecular weight is 230 g/mol. The lowest BCUT2D eigenvalue weighted by Crippen LogP contribution is -2.22. The van der Waals surface area contributed by atoms with Gasteiger partial charge in [0.15, 0.2) is 11.5 Å². The second-order valence-electron chi connectivity index (χ2n) is 2.94. The third kappa shape index (κ3) is 4.40. The predicted octanol–water partition coefficient (Wildman–Crippen LogP) is 1.90. The number of hydrogen-bond acceptors (Lipinski definition) is 3. The highest BCUT2D eigenvalue weighted by molar-refractivity contribution is 6.18. The van der Waals surface area contributed by atoms with E-state index in [9.17, 15) is 0 Å². The first-order chi connectivity index (χ1) is 7.38. The zero-order valence-electron chi connectivity index (χ0n) is 8.83. The van der Waals surface area contributed by atoms with Crippen LogP contribution in [0.5, 0.6) is 11.5 Å². The molecule has 3 nitrogen and oxygen atoms in total. The molecule has 4 heteroatoms. The topological polar surface area (TPSA) is 30.5 Å². The molecule has 1 aromatic carbocycles. The first-order valence-corrected chi connectivity index (χ1v) is 5.44. The maximum Gasteiger partial charge on any atom is 0.161 e. The van der Waals surface area contributed by atoms with E-state index in [0.717, 1.165) is 24.6 Å². The van der Waals surface area contributed by atoms with Crippen molar-refractivity contribution in [1.29, 1.82) is 0 Å². The summed E-state index contributed by atoms with van der Waals surface area (Å²) in [6.07, 6.45) is 0. The van der Waals surface area contributed by atoms with Crippen LogP contribution in [0, 0.1) is 0 Å². The Kier molecular flexibility index (Phi) is 5.97. The molecule has 0 aromatic heterocycles. The van der Waals surface area contributed by atoms with Crippen LogP contribution in [-0.2, 0) is 0 Å². The van der Waals surface area contributed by atoms with Gasteiger partial charge in [-0.05, 0) is 12.1 Å². The van der Waals surface area contributed by atoms with Gasteiger partial charge < -0.3 is 14.8 Å². The minimum Gasteiger partial charge on any atom is -0.493 e. The third-order valence-corrected chi connectivity index (χ3v) is 2.07. The molecule has 0 heterocycles. The Bertz CT molecular complexity index is 281. The number of para-hydroxylation sites is 2. The van der Waals surface area contributed by atoms with Gasteiger partial charge in [0.2, 0.25) is 0 Å². The molecular formula is C11H16ClNO2. The first-order valence-electron chi connectivity index (χ1n) is 4.91. The van der Waals surface area contributed by atoms with E-state index in [1.54, 1.807) is 7.11 Å². The van der Waals surface area contributed by atoms with Crippen molar-refractivity contribution in [2.45, 2.75) is 0 Å². The molecule has 0 unspecified atom stereocenters.